The minimum atomic E-state index is -1.10. The second-order valence-electron chi connectivity index (χ2n) is 8.70. The number of carbonyl (C=O) groups excluding carboxylic acids is 2. The lowest BCUT2D eigenvalue weighted by molar-refractivity contribution is -0.117. The van der Waals surface area contributed by atoms with Crippen LogP contribution in [0.2, 0.25) is 0 Å². The lowest BCUT2D eigenvalue weighted by Gasteiger charge is -2.31. The molecule has 1 saturated heterocycles. The molecule has 8 nitrogen and oxygen atoms in total. The number of aromatic nitrogens is 1. The third-order valence-corrected chi connectivity index (χ3v) is 6.14. The molecule has 0 bridgehead atoms. The fraction of sp³-hybridized carbons (Fsp3) is 0.259. The maximum atomic E-state index is 13.4. The molecular weight excluding hydrogens is 442 g/mol. The van der Waals surface area contributed by atoms with Crippen LogP contribution in [0.5, 0.6) is 0 Å². The zero-order valence-corrected chi connectivity index (χ0v) is 19.5. The molecule has 3 aromatic rings. The maximum absolute atomic E-state index is 13.4. The van der Waals surface area contributed by atoms with Crippen LogP contribution in [0.3, 0.4) is 0 Å². The number of carbonyl (C=O) groups is 2. The molecule has 2 atom stereocenters. The van der Waals surface area contributed by atoms with Crippen LogP contribution in [0.15, 0.2) is 78.0 Å². The Balaban J connectivity index is 1.43. The molecule has 0 saturated carbocycles. The summed E-state index contributed by atoms with van der Waals surface area (Å²) in [5.74, 6) is -0.764. The summed E-state index contributed by atoms with van der Waals surface area (Å²) in [5, 5.41) is 5.71. The number of nitrogens with one attached hydrogen (secondary N) is 2. The van der Waals surface area contributed by atoms with Gasteiger partial charge in [0.15, 0.2) is 0 Å². The normalized spacial score (nSPS) is 20.3. The number of aliphatic imine (C=N–C) groups is 1. The zero-order valence-electron chi connectivity index (χ0n) is 19.5. The van der Waals surface area contributed by atoms with E-state index in [1.807, 2.05) is 61.5 Å². The average molecular weight is 470 g/mol. The summed E-state index contributed by atoms with van der Waals surface area (Å²) in [7, 11) is 0. The van der Waals surface area contributed by atoms with Gasteiger partial charge < -0.3 is 15.4 Å². The maximum Gasteiger partial charge on any atom is 0.269 e. The molecule has 8 heteroatoms. The van der Waals surface area contributed by atoms with Gasteiger partial charge in [0.2, 0.25) is 6.17 Å². The standard InChI is InChI=1S/C27H27N5O3/c1-18-16-32(13-14-35-18)17-20-9-5-6-10-21(20)26(33)31-25-27(34)29-23-15-28-12-11-22(23)24(30-25)19-7-3-2-4-8-19/h2-12,15,18,25H,13-14,16-17H2,1H3,(H,29,34)(H,31,33)/t18-,25+/m0/s1. The number of hydrogen-bond donors (Lipinski definition) is 2. The zero-order chi connectivity index (χ0) is 24.2. The third kappa shape index (κ3) is 5.13. The monoisotopic (exact) mass is 469 g/mol. The number of morpholine rings is 1. The van der Waals surface area contributed by atoms with Gasteiger partial charge >= 0.3 is 0 Å². The molecule has 2 N–H and O–H groups in total. The van der Waals surface area contributed by atoms with E-state index in [1.165, 1.54) is 0 Å². The Morgan fingerprint density at radius 2 is 1.94 bits per heavy atom. The predicted molar refractivity (Wildman–Crippen MR) is 133 cm³/mol. The van der Waals surface area contributed by atoms with E-state index in [4.69, 9.17) is 9.73 Å². The molecule has 2 aromatic carbocycles. The molecule has 0 unspecified atom stereocenters. The molecule has 1 aromatic heterocycles. The first-order valence-corrected chi connectivity index (χ1v) is 11.7. The first kappa shape index (κ1) is 22.9. The van der Waals surface area contributed by atoms with Gasteiger partial charge in [-0.3, -0.25) is 19.5 Å². The van der Waals surface area contributed by atoms with Crippen molar-refractivity contribution in [2.24, 2.45) is 4.99 Å². The molecule has 0 radical (unpaired) electrons. The summed E-state index contributed by atoms with van der Waals surface area (Å²) < 4.78 is 5.64. The first-order chi connectivity index (χ1) is 17.1. The van der Waals surface area contributed by atoms with Crippen molar-refractivity contribution in [3.8, 4) is 0 Å². The fourth-order valence-electron chi connectivity index (χ4n) is 4.44. The molecule has 2 aliphatic rings. The Bertz CT molecular complexity index is 1260. The van der Waals surface area contributed by atoms with Crippen molar-refractivity contribution in [2.45, 2.75) is 25.7 Å². The summed E-state index contributed by atoms with van der Waals surface area (Å²) >= 11 is 0. The van der Waals surface area contributed by atoms with Gasteiger partial charge in [0.1, 0.15) is 0 Å². The van der Waals surface area contributed by atoms with Crippen LogP contribution >= 0.6 is 0 Å². The molecule has 0 spiro atoms. The second kappa shape index (κ2) is 10.2. The number of pyridine rings is 1. The summed E-state index contributed by atoms with van der Waals surface area (Å²) in [6.45, 7) is 4.96. The van der Waals surface area contributed by atoms with E-state index >= 15 is 0 Å². The fourth-order valence-corrected chi connectivity index (χ4v) is 4.44. The summed E-state index contributed by atoms with van der Waals surface area (Å²) in [4.78, 5) is 37.6. The van der Waals surface area contributed by atoms with Crippen LogP contribution in [0.1, 0.15) is 34.0 Å². The number of hydrogen-bond acceptors (Lipinski definition) is 6. The first-order valence-electron chi connectivity index (χ1n) is 11.7. The van der Waals surface area contributed by atoms with Gasteiger partial charge in [-0.15, -0.1) is 0 Å². The Morgan fingerprint density at radius 3 is 2.77 bits per heavy atom. The largest absolute Gasteiger partial charge is 0.376 e. The lowest BCUT2D eigenvalue weighted by atomic mass is 10.0. The van der Waals surface area contributed by atoms with Crippen LogP contribution in [0, 0.1) is 0 Å². The topological polar surface area (TPSA) is 95.9 Å². The van der Waals surface area contributed by atoms with Crippen molar-refractivity contribution in [2.75, 3.05) is 25.0 Å². The highest BCUT2D eigenvalue weighted by Gasteiger charge is 2.28. The third-order valence-electron chi connectivity index (χ3n) is 6.14. The average Bonchev–Trinajstić information content (AvgIpc) is 3.01. The quantitative estimate of drug-likeness (QED) is 0.599. The van der Waals surface area contributed by atoms with E-state index in [-0.39, 0.29) is 12.0 Å². The van der Waals surface area contributed by atoms with Crippen molar-refractivity contribution in [1.82, 2.24) is 15.2 Å². The number of ether oxygens (including phenoxy) is 1. The molecule has 1 fully saturated rings. The van der Waals surface area contributed by atoms with E-state index in [1.54, 1.807) is 18.5 Å². The van der Waals surface area contributed by atoms with E-state index < -0.39 is 12.1 Å². The minimum absolute atomic E-state index is 0.154. The van der Waals surface area contributed by atoms with E-state index in [0.717, 1.165) is 29.8 Å². The molecule has 2 aliphatic heterocycles. The Kier molecular flexibility index (Phi) is 6.65. The smallest absolute Gasteiger partial charge is 0.269 e. The van der Waals surface area contributed by atoms with Gasteiger partial charge in [0.05, 0.1) is 30.3 Å². The Morgan fingerprint density at radius 1 is 1.14 bits per heavy atom. The van der Waals surface area contributed by atoms with Crippen molar-refractivity contribution in [3.05, 3.63) is 95.3 Å². The summed E-state index contributed by atoms with van der Waals surface area (Å²) in [6.07, 6.45) is 2.31. The molecule has 2 amide bonds. The Labute approximate surface area is 204 Å². The molecular formula is C27H27N5O3. The number of benzene rings is 2. The van der Waals surface area contributed by atoms with Crippen molar-refractivity contribution in [3.63, 3.8) is 0 Å². The molecule has 5 rings (SSSR count). The molecule has 0 aliphatic carbocycles. The summed E-state index contributed by atoms with van der Waals surface area (Å²) in [5.41, 5.74) is 4.18. The molecule has 35 heavy (non-hydrogen) atoms. The van der Waals surface area contributed by atoms with Gasteiger partial charge in [-0.1, -0.05) is 48.5 Å². The number of anilines is 1. The Hall–Kier alpha value is -3.88. The number of fused-ring (bicyclic) bond motifs is 1. The molecule has 178 valence electrons. The van der Waals surface area contributed by atoms with E-state index in [2.05, 4.69) is 20.5 Å². The highest BCUT2D eigenvalue weighted by atomic mass is 16.5. The molecule has 3 heterocycles. The number of amides is 2. The van der Waals surface area contributed by atoms with Gasteiger partial charge in [0.25, 0.3) is 11.8 Å². The minimum Gasteiger partial charge on any atom is -0.376 e. The van der Waals surface area contributed by atoms with Gasteiger partial charge in [-0.2, -0.15) is 0 Å². The number of nitrogens with zero attached hydrogens (tertiary/aromatic N) is 3. The van der Waals surface area contributed by atoms with Crippen LogP contribution in [0.4, 0.5) is 5.69 Å². The van der Waals surface area contributed by atoms with Crippen LogP contribution in [0.25, 0.3) is 0 Å². The van der Waals surface area contributed by atoms with Crippen molar-refractivity contribution >= 4 is 23.2 Å². The van der Waals surface area contributed by atoms with Gasteiger partial charge in [-0.25, -0.2) is 4.99 Å². The van der Waals surface area contributed by atoms with Gasteiger partial charge in [0, 0.05) is 42.5 Å². The van der Waals surface area contributed by atoms with Crippen LogP contribution in [-0.2, 0) is 16.1 Å². The predicted octanol–water partition coefficient (Wildman–Crippen LogP) is 2.85. The highest BCUT2D eigenvalue weighted by Crippen LogP contribution is 2.23. The summed E-state index contributed by atoms with van der Waals surface area (Å²) in [6, 6.07) is 18.9. The van der Waals surface area contributed by atoms with Crippen molar-refractivity contribution in [1.29, 1.82) is 0 Å². The van der Waals surface area contributed by atoms with Crippen LogP contribution in [-0.4, -0.2) is 59.4 Å². The number of rotatable bonds is 5. The lowest BCUT2D eigenvalue weighted by Crippen LogP contribution is -2.43. The second-order valence-corrected chi connectivity index (χ2v) is 8.70. The SMILES string of the molecule is C[C@H]1CN(Cc2ccccc2C(=O)N[C@H]2N=C(c3ccccc3)c3ccncc3NC2=O)CCO1. The van der Waals surface area contributed by atoms with Crippen LogP contribution < -0.4 is 10.6 Å². The van der Waals surface area contributed by atoms with E-state index in [0.29, 0.717) is 30.1 Å². The van der Waals surface area contributed by atoms with E-state index in [9.17, 15) is 9.59 Å². The highest BCUT2D eigenvalue weighted by molar-refractivity contribution is 6.19. The van der Waals surface area contributed by atoms with Gasteiger partial charge in [-0.05, 0) is 24.6 Å². The van der Waals surface area contributed by atoms with Crippen molar-refractivity contribution < 1.29 is 14.3 Å².